The molecule has 0 aliphatic carbocycles. The van der Waals surface area contributed by atoms with E-state index in [1.165, 1.54) is 0 Å². The van der Waals surface area contributed by atoms with Gasteiger partial charge in [0.05, 0.1) is 33.5 Å². The van der Waals surface area contributed by atoms with Gasteiger partial charge in [0.25, 0.3) is 0 Å². The molecule has 0 amide bonds. The van der Waals surface area contributed by atoms with E-state index in [-0.39, 0.29) is 12.4 Å². The van der Waals surface area contributed by atoms with Gasteiger partial charge in [-0.3, -0.25) is 0 Å². The predicted molar refractivity (Wildman–Crippen MR) is 76.6 cm³/mol. The van der Waals surface area contributed by atoms with Crippen LogP contribution in [-0.2, 0) is 0 Å². The minimum absolute atomic E-state index is 0. The molecule has 0 spiro atoms. The molecule has 110 valence electrons. The lowest BCUT2D eigenvalue weighted by Gasteiger charge is -2.20. The quantitative estimate of drug-likeness (QED) is 0.837. The van der Waals surface area contributed by atoms with Gasteiger partial charge in [-0.05, 0) is 24.1 Å². The molecule has 0 saturated heterocycles. The normalized spacial score (nSPS) is 13.2. The van der Waals surface area contributed by atoms with Gasteiger partial charge in [-0.2, -0.15) is 0 Å². The second-order valence-corrected chi connectivity index (χ2v) is 3.96. The van der Waals surface area contributed by atoms with Crippen molar-refractivity contribution in [2.24, 2.45) is 5.73 Å². The van der Waals surface area contributed by atoms with Crippen LogP contribution in [0.15, 0.2) is 12.1 Å². The number of methoxy groups -OCH3 is 3. The van der Waals surface area contributed by atoms with Crippen LogP contribution in [0.3, 0.4) is 0 Å². The number of hydrogen-bond acceptors (Lipinski definition) is 5. The molecule has 0 unspecified atom stereocenters. The molecule has 3 N–H and O–H groups in total. The zero-order valence-corrected chi connectivity index (χ0v) is 12.5. The molecular formula is C13H22ClNO4. The van der Waals surface area contributed by atoms with Gasteiger partial charge in [-0.25, -0.2) is 0 Å². The van der Waals surface area contributed by atoms with Gasteiger partial charge in [-0.15, -0.1) is 12.4 Å². The minimum Gasteiger partial charge on any atom is -0.493 e. The molecule has 0 aliphatic heterocycles. The summed E-state index contributed by atoms with van der Waals surface area (Å²) in [6.07, 6.45) is -0.0227. The molecule has 1 rings (SSSR count). The number of rotatable bonds is 6. The van der Waals surface area contributed by atoms with E-state index in [9.17, 15) is 5.11 Å². The van der Waals surface area contributed by atoms with Gasteiger partial charge in [0.2, 0.25) is 5.75 Å². The van der Waals surface area contributed by atoms with Crippen LogP contribution < -0.4 is 19.9 Å². The first-order chi connectivity index (χ1) is 8.58. The third-order valence-corrected chi connectivity index (χ3v) is 2.90. The summed E-state index contributed by atoms with van der Waals surface area (Å²) in [4.78, 5) is 0. The average Bonchev–Trinajstić information content (AvgIpc) is 2.43. The topological polar surface area (TPSA) is 73.9 Å². The van der Waals surface area contributed by atoms with E-state index in [0.29, 0.717) is 23.7 Å². The number of halogens is 1. The van der Waals surface area contributed by atoms with Crippen molar-refractivity contribution >= 4 is 12.4 Å². The second-order valence-electron chi connectivity index (χ2n) is 3.96. The number of aliphatic hydroxyl groups is 1. The van der Waals surface area contributed by atoms with Crippen molar-refractivity contribution in [3.63, 3.8) is 0 Å². The number of benzene rings is 1. The van der Waals surface area contributed by atoms with Crippen molar-refractivity contribution in [3.8, 4) is 17.2 Å². The molecule has 0 fully saturated rings. The smallest absolute Gasteiger partial charge is 0.203 e. The molecule has 1 aromatic carbocycles. The van der Waals surface area contributed by atoms with Gasteiger partial charge < -0.3 is 25.1 Å². The Hall–Kier alpha value is -1.17. The Balaban J connectivity index is 0.00000324. The van der Waals surface area contributed by atoms with E-state index in [1.807, 2.05) is 6.92 Å². The van der Waals surface area contributed by atoms with E-state index in [4.69, 9.17) is 19.9 Å². The largest absolute Gasteiger partial charge is 0.493 e. The van der Waals surface area contributed by atoms with E-state index >= 15 is 0 Å². The van der Waals surface area contributed by atoms with Gasteiger partial charge in [0, 0.05) is 0 Å². The molecule has 5 nitrogen and oxygen atoms in total. The van der Waals surface area contributed by atoms with Crippen molar-refractivity contribution < 1.29 is 19.3 Å². The summed E-state index contributed by atoms with van der Waals surface area (Å²) >= 11 is 0. The molecule has 6 heteroatoms. The second kappa shape index (κ2) is 8.09. The minimum atomic E-state index is -0.604. The lowest BCUT2D eigenvalue weighted by molar-refractivity contribution is 0.140. The van der Waals surface area contributed by atoms with Crippen molar-refractivity contribution in [1.82, 2.24) is 0 Å². The fourth-order valence-electron chi connectivity index (χ4n) is 1.77. The summed E-state index contributed by atoms with van der Waals surface area (Å²) in [7, 11) is 4.63. The Labute approximate surface area is 120 Å². The van der Waals surface area contributed by atoms with Crippen molar-refractivity contribution in [1.29, 1.82) is 0 Å². The van der Waals surface area contributed by atoms with E-state index in [2.05, 4.69) is 0 Å². The molecule has 0 saturated carbocycles. The van der Waals surface area contributed by atoms with Crippen molar-refractivity contribution in [3.05, 3.63) is 17.7 Å². The van der Waals surface area contributed by atoms with Crippen LogP contribution in [0, 0.1) is 0 Å². The predicted octanol–water partition coefficient (Wildman–Crippen LogP) is 1.90. The number of hydrogen-bond donors (Lipinski definition) is 2. The molecule has 2 atom stereocenters. The number of nitrogens with two attached hydrogens (primary N) is 1. The molecule has 0 bridgehead atoms. The Kier molecular flexibility index (Phi) is 7.59. The molecule has 19 heavy (non-hydrogen) atoms. The highest BCUT2D eigenvalue weighted by atomic mass is 35.5. The third kappa shape index (κ3) is 3.89. The van der Waals surface area contributed by atoms with Gasteiger partial charge in [0.15, 0.2) is 11.5 Å². The molecule has 0 aromatic heterocycles. The highest BCUT2D eigenvalue weighted by Gasteiger charge is 2.20. The SMILES string of the molecule is CC[C@@H](O)[C@@H](N)c1cc(OC)c(OC)c(OC)c1.Cl. The molecule has 0 radical (unpaired) electrons. The van der Waals surface area contributed by atoms with Crippen LogP contribution in [-0.4, -0.2) is 32.5 Å². The van der Waals surface area contributed by atoms with Crippen LogP contribution >= 0.6 is 12.4 Å². The maximum Gasteiger partial charge on any atom is 0.203 e. The summed E-state index contributed by atoms with van der Waals surface area (Å²) in [5.41, 5.74) is 6.73. The highest BCUT2D eigenvalue weighted by molar-refractivity contribution is 5.85. The Bertz CT molecular complexity index is 375. The third-order valence-electron chi connectivity index (χ3n) is 2.90. The van der Waals surface area contributed by atoms with Gasteiger partial charge >= 0.3 is 0 Å². The average molecular weight is 292 g/mol. The van der Waals surface area contributed by atoms with Gasteiger partial charge in [0.1, 0.15) is 0 Å². The van der Waals surface area contributed by atoms with Crippen LogP contribution in [0.2, 0.25) is 0 Å². The number of ether oxygens (including phenoxy) is 3. The Morgan fingerprint density at radius 1 is 1.11 bits per heavy atom. The first-order valence-electron chi connectivity index (χ1n) is 5.82. The fourth-order valence-corrected chi connectivity index (χ4v) is 1.77. The van der Waals surface area contributed by atoms with Crippen LogP contribution in [0.25, 0.3) is 0 Å². The molecule has 0 heterocycles. The summed E-state index contributed by atoms with van der Waals surface area (Å²) < 4.78 is 15.7. The summed E-state index contributed by atoms with van der Waals surface area (Å²) in [5.74, 6) is 1.58. The van der Waals surface area contributed by atoms with Crippen LogP contribution in [0.5, 0.6) is 17.2 Å². The van der Waals surface area contributed by atoms with Crippen molar-refractivity contribution in [2.45, 2.75) is 25.5 Å². The standard InChI is InChI=1S/C13H21NO4.ClH/c1-5-9(15)12(14)8-6-10(16-2)13(18-4)11(7-8)17-3;/h6-7,9,12,15H,5,14H2,1-4H3;1H/t9-,12+;/m1./s1. The fraction of sp³-hybridized carbons (Fsp3) is 0.538. The van der Waals surface area contributed by atoms with E-state index in [0.717, 1.165) is 5.56 Å². The first-order valence-corrected chi connectivity index (χ1v) is 5.82. The Morgan fingerprint density at radius 2 is 1.58 bits per heavy atom. The summed E-state index contributed by atoms with van der Waals surface area (Å²) in [6.45, 7) is 1.88. The highest BCUT2D eigenvalue weighted by Crippen LogP contribution is 2.39. The molecule has 1 aromatic rings. The van der Waals surface area contributed by atoms with Gasteiger partial charge in [-0.1, -0.05) is 6.92 Å². The summed E-state index contributed by atoms with van der Waals surface area (Å²) in [5, 5.41) is 9.80. The zero-order valence-electron chi connectivity index (χ0n) is 11.7. The number of aliphatic hydroxyl groups excluding tert-OH is 1. The lowest BCUT2D eigenvalue weighted by Crippen LogP contribution is -2.25. The Morgan fingerprint density at radius 3 is 1.89 bits per heavy atom. The molecule has 0 aliphatic rings. The van der Waals surface area contributed by atoms with E-state index < -0.39 is 12.1 Å². The first kappa shape index (κ1) is 17.8. The maximum absolute atomic E-state index is 9.80. The lowest BCUT2D eigenvalue weighted by atomic mass is 10.00. The maximum atomic E-state index is 9.80. The monoisotopic (exact) mass is 291 g/mol. The molecular weight excluding hydrogens is 270 g/mol. The zero-order chi connectivity index (χ0) is 13.7. The summed E-state index contributed by atoms with van der Waals surface area (Å²) in [6, 6.07) is 3.03. The van der Waals surface area contributed by atoms with Crippen molar-refractivity contribution in [2.75, 3.05) is 21.3 Å². The van der Waals surface area contributed by atoms with Crippen LogP contribution in [0.4, 0.5) is 0 Å². The van der Waals surface area contributed by atoms with E-state index in [1.54, 1.807) is 33.5 Å². The van der Waals surface area contributed by atoms with Crippen LogP contribution in [0.1, 0.15) is 24.9 Å².